The molecule has 42 heavy (non-hydrogen) atoms. The van der Waals surface area contributed by atoms with E-state index in [4.69, 9.17) is 4.99 Å². The van der Waals surface area contributed by atoms with Gasteiger partial charge in [-0.05, 0) is 59.9 Å². The zero-order valence-corrected chi connectivity index (χ0v) is 24.8. The van der Waals surface area contributed by atoms with Crippen LogP contribution in [0.4, 0.5) is 5.69 Å². The number of carbonyl (C=O) groups excluding carboxylic acids is 2. The summed E-state index contributed by atoms with van der Waals surface area (Å²) in [6.07, 6.45) is 2.61. The molecule has 0 unspecified atom stereocenters. The van der Waals surface area contributed by atoms with Gasteiger partial charge in [0.15, 0.2) is 9.84 Å². The average molecular weight is 589 g/mol. The van der Waals surface area contributed by atoms with Gasteiger partial charge in [0.25, 0.3) is 5.91 Å². The van der Waals surface area contributed by atoms with Crippen LogP contribution >= 0.6 is 0 Å². The lowest BCUT2D eigenvalue weighted by Crippen LogP contribution is -2.61. The second kappa shape index (κ2) is 11.7. The summed E-state index contributed by atoms with van der Waals surface area (Å²) in [6.45, 7) is 4.20. The molecule has 10 heteroatoms. The first-order chi connectivity index (χ1) is 20.0. The molecule has 2 amide bonds. The molecule has 0 saturated carbocycles. The van der Waals surface area contributed by atoms with Gasteiger partial charge in [-0.25, -0.2) is 13.4 Å². The minimum atomic E-state index is -3.44. The summed E-state index contributed by atoms with van der Waals surface area (Å²) in [6, 6.07) is 20.5. The van der Waals surface area contributed by atoms with Gasteiger partial charge < -0.3 is 15.7 Å². The van der Waals surface area contributed by atoms with Crippen LogP contribution in [-0.4, -0.2) is 54.1 Å². The normalized spacial score (nSPS) is 20.7. The van der Waals surface area contributed by atoms with Crippen molar-refractivity contribution in [3.05, 3.63) is 95.1 Å². The van der Waals surface area contributed by atoms with Gasteiger partial charge in [0.05, 0.1) is 35.7 Å². The van der Waals surface area contributed by atoms with Crippen molar-refractivity contribution in [3.63, 3.8) is 0 Å². The van der Waals surface area contributed by atoms with Crippen molar-refractivity contribution in [2.24, 2.45) is 4.99 Å². The predicted octanol–water partition coefficient (Wildman–Crippen LogP) is 4.05. The summed E-state index contributed by atoms with van der Waals surface area (Å²) in [5, 5.41) is 17.0. The standard InChI is InChI=1S/C32H36N4O5S/c1-4-32(5-2)19-28(38)36(31(35-32)33-24-13-9-14-25(18-24)42(3,40)41)20-21-10-8-12-23(16-21)30(39)34-29-26-15-7-6-11-22(26)17-27(29)37/h6-16,18,27,29,37H,4-5,17,19-20H2,1-3H3,(H,33,35)(H,34,39)/t27-,29-/m1/s1. The maximum absolute atomic E-state index is 13.6. The van der Waals surface area contributed by atoms with E-state index in [1.165, 1.54) is 12.1 Å². The monoisotopic (exact) mass is 588 g/mol. The number of aliphatic hydroxyl groups excluding tert-OH is 1. The van der Waals surface area contributed by atoms with Gasteiger partial charge in [-0.1, -0.05) is 56.3 Å². The Morgan fingerprint density at radius 1 is 1.07 bits per heavy atom. The van der Waals surface area contributed by atoms with Crippen molar-refractivity contribution in [1.82, 2.24) is 15.5 Å². The molecule has 1 saturated heterocycles. The van der Waals surface area contributed by atoms with Crippen molar-refractivity contribution in [2.75, 3.05) is 6.26 Å². The van der Waals surface area contributed by atoms with E-state index >= 15 is 0 Å². The van der Waals surface area contributed by atoms with Crippen LogP contribution in [0.5, 0.6) is 0 Å². The van der Waals surface area contributed by atoms with Crippen LogP contribution in [-0.2, 0) is 27.6 Å². The van der Waals surface area contributed by atoms with E-state index < -0.39 is 27.5 Å². The fraction of sp³-hybridized carbons (Fsp3) is 0.344. The largest absolute Gasteiger partial charge is 0.390 e. The van der Waals surface area contributed by atoms with Crippen LogP contribution in [0, 0.1) is 0 Å². The molecule has 3 N–H and O–H groups in total. The van der Waals surface area contributed by atoms with Gasteiger partial charge in [-0.2, -0.15) is 0 Å². The number of amides is 2. The highest BCUT2D eigenvalue weighted by Gasteiger charge is 2.40. The Morgan fingerprint density at radius 2 is 1.81 bits per heavy atom. The first kappa shape index (κ1) is 29.5. The Bertz CT molecular complexity index is 1650. The van der Waals surface area contributed by atoms with E-state index in [1.54, 1.807) is 35.2 Å². The Morgan fingerprint density at radius 3 is 2.55 bits per heavy atom. The number of hydrogen-bond donors (Lipinski definition) is 3. The number of aliphatic imine (C=N–C) groups is 1. The van der Waals surface area contributed by atoms with E-state index in [-0.39, 0.29) is 29.7 Å². The van der Waals surface area contributed by atoms with Gasteiger partial charge in [-0.3, -0.25) is 14.5 Å². The molecule has 5 rings (SSSR count). The minimum absolute atomic E-state index is 0.115. The van der Waals surface area contributed by atoms with Crippen molar-refractivity contribution < 1.29 is 23.1 Å². The van der Waals surface area contributed by atoms with Crippen molar-refractivity contribution in [3.8, 4) is 0 Å². The van der Waals surface area contributed by atoms with Crippen LogP contribution in [0.1, 0.15) is 66.2 Å². The van der Waals surface area contributed by atoms with Gasteiger partial charge in [0.1, 0.15) is 0 Å². The van der Waals surface area contributed by atoms with Crippen LogP contribution in [0.15, 0.2) is 82.7 Å². The molecule has 3 aromatic rings. The number of hydrogen-bond acceptors (Lipinski definition) is 6. The highest BCUT2D eigenvalue weighted by atomic mass is 32.2. The Labute approximate surface area is 246 Å². The number of aliphatic hydroxyl groups is 1. The Hall–Kier alpha value is -4.02. The molecule has 1 aliphatic carbocycles. The predicted molar refractivity (Wildman–Crippen MR) is 161 cm³/mol. The topological polar surface area (TPSA) is 128 Å². The van der Waals surface area contributed by atoms with E-state index in [0.717, 1.165) is 22.9 Å². The van der Waals surface area contributed by atoms with Crippen LogP contribution in [0.3, 0.4) is 0 Å². The summed E-state index contributed by atoms with van der Waals surface area (Å²) in [7, 11) is -3.44. The number of nitrogens with one attached hydrogen (secondary N) is 2. The molecule has 9 nitrogen and oxygen atoms in total. The molecule has 220 valence electrons. The molecule has 1 heterocycles. The third-order valence-corrected chi connectivity index (χ3v) is 9.39. The number of nitrogens with zero attached hydrogens (tertiary/aromatic N) is 2. The molecule has 0 radical (unpaired) electrons. The fourth-order valence-corrected chi connectivity index (χ4v) is 6.31. The summed E-state index contributed by atoms with van der Waals surface area (Å²) >= 11 is 0. The highest BCUT2D eigenvalue weighted by molar-refractivity contribution is 7.90. The number of guanidine groups is 1. The molecular weight excluding hydrogens is 552 g/mol. The van der Waals surface area contributed by atoms with Crippen LogP contribution in [0.25, 0.3) is 0 Å². The third-order valence-electron chi connectivity index (χ3n) is 8.28. The molecule has 0 aromatic heterocycles. The third kappa shape index (κ3) is 6.10. The van der Waals surface area contributed by atoms with Crippen LogP contribution < -0.4 is 10.6 Å². The SMILES string of the molecule is CCC1(CC)CC(=O)N(Cc2cccc(C(=O)N[C@@H]3c4ccccc4C[C@H]3O)c2)/C(=N\c2cccc(S(C)(=O)=O)c2)N1. The highest BCUT2D eigenvalue weighted by Crippen LogP contribution is 2.32. The molecule has 2 atom stereocenters. The maximum atomic E-state index is 13.6. The van der Waals surface area contributed by atoms with Gasteiger partial charge in [-0.15, -0.1) is 0 Å². The van der Waals surface area contributed by atoms with E-state index in [9.17, 15) is 23.1 Å². The zero-order valence-electron chi connectivity index (χ0n) is 24.0. The minimum Gasteiger partial charge on any atom is -0.390 e. The first-order valence-electron chi connectivity index (χ1n) is 14.1. The molecular formula is C32H36N4O5S. The first-order valence-corrected chi connectivity index (χ1v) is 16.0. The number of benzene rings is 3. The van der Waals surface area contributed by atoms with Crippen molar-refractivity contribution >= 4 is 33.3 Å². The second-order valence-corrected chi connectivity index (χ2v) is 13.1. The van der Waals surface area contributed by atoms with Gasteiger partial charge >= 0.3 is 0 Å². The van der Waals surface area contributed by atoms with E-state index in [1.807, 2.05) is 44.2 Å². The molecule has 0 bridgehead atoms. The average Bonchev–Trinajstić information content (AvgIpc) is 3.29. The lowest BCUT2D eigenvalue weighted by Gasteiger charge is -2.42. The molecule has 3 aromatic carbocycles. The molecule has 0 spiro atoms. The summed E-state index contributed by atoms with van der Waals surface area (Å²) < 4.78 is 24.3. The fourth-order valence-electron chi connectivity index (χ4n) is 5.65. The number of fused-ring (bicyclic) bond motifs is 1. The molecule has 2 aliphatic rings. The van der Waals surface area contributed by atoms with Gasteiger partial charge in [0, 0.05) is 23.8 Å². The number of sulfone groups is 1. The second-order valence-electron chi connectivity index (χ2n) is 11.1. The van der Waals surface area contributed by atoms with E-state index in [0.29, 0.717) is 36.5 Å². The lowest BCUT2D eigenvalue weighted by atomic mass is 9.86. The lowest BCUT2D eigenvalue weighted by molar-refractivity contribution is -0.131. The summed E-state index contributed by atoms with van der Waals surface area (Å²) in [5.74, 6) is -0.0969. The van der Waals surface area contributed by atoms with Crippen molar-refractivity contribution in [2.45, 2.75) is 68.7 Å². The van der Waals surface area contributed by atoms with Crippen molar-refractivity contribution in [1.29, 1.82) is 0 Å². The Kier molecular flexibility index (Phi) is 8.21. The smallest absolute Gasteiger partial charge is 0.251 e. The number of rotatable bonds is 8. The molecule has 1 fully saturated rings. The maximum Gasteiger partial charge on any atom is 0.251 e. The Balaban J connectivity index is 1.42. The summed E-state index contributed by atoms with van der Waals surface area (Å²) in [5.41, 5.74) is 3.01. The molecule has 1 aliphatic heterocycles. The number of carbonyl (C=O) groups is 2. The summed E-state index contributed by atoms with van der Waals surface area (Å²) in [4.78, 5) is 33.2. The zero-order chi connectivity index (χ0) is 30.1. The van der Waals surface area contributed by atoms with Crippen LogP contribution in [0.2, 0.25) is 0 Å². The quantitative estimate of drug-likeness (QED) is 0.364. The van der Waals surface area contributed by atoms with Gasteiger partial charge in [0.2, 0.25) is 11.9 Å². The van der Waals surface area contributed by atoms with E-state index in [2.05, 4.69) is 10.6 Å².